The van der Waals surface area contributed by atoms with Crippen molar-refractivity contribution in [2.75, 3.05) is 0 Å². The largest absolute Gasteiger partial charge is 0.459 e. The summed E-state index contributed by atoms with van der Waals surface area (Å²) in [5.74, 6) is -0.828. The Morgan fingerprint density at radius 3 is 2.50 bits per heavy atom. The van der Waals surface area contributed by atoms with Gasteiger partial charge in [-0.05, 0) is 53.4 Å². The van der Waals surface area contributed by atoms with E-state index in [1.54, 1.807) is 30.3 Å². The van der Waals surface area contributed by atoms with Crippen LogP contribution in [-0.2, 0) is 16.1 Å². The second kappa shape index (κ2) is 10.1. The highest BCUT2D eigenvalue weighted by Crippen LogP contribution is 2.28. The SMILES string of the molecule is CC(C)CC(NC(=O)c1ccc(Cl)cc1)C(=O)OCc1cc(=O)oc2ccc3ccccc3c12. The Morgan fingerprint density at radius 2 is 1.76 bits per heavy atom. The fourth-order valence-electron chi connectivity index (χ4n) is 3.91. The zero-order valence-corrected chi connectivity index (χ0v) is 19.6. The van der Waals surface area contributed by atoms with Gasteiger partial charge in [-0.2, -0.15) is 0 Å². The highest BCUT2D eigenvalue weighted by molar-refractivity contribution is 6.30. The van der Waals surface area contributed by atoms with Gasteiger partial charge in [-0.3, -0.25) is 4.79 Å². The lowest BCUT2D eigenvalue weighted by Gasteiger charge is -2.20. The van der Waals surface area contributed by atoms with E-state index in [0.717, 1.165) is 16.2 Å². The zero-order chi connectivity index (χ0) is 24.2. The predicted octanol–water partition coefficient (Wildman–Crippen LogP) is 5.49. The van der Waals surface area contributed by atoms with E-state index in [1.165, 1.54) is 6.07 Å². The molecule has 1 aromatic heterocycles. The Balaban J connectivity index is 1.58. The summed E-state index contributed by atoms with van der Waals surface area (Å²) in [5.41, 5.74) is 0.837. The molecule has 0 saturated carbocycles. The Morgan fingerprint density at radius 1 is 1.03 bits per heavy atom. The second-order valence-corrected chi connectivity index (χ2v) is 8.96. The Hall–Kier alpha value is -3.64. The fourth-order valence-corrected chi connectivity index (χ4v) is 4.04. The fraction of sp³-hybridized carbons (Fsp3) is 0.222. The average Bonchev–Trinajstić information content (AvgIpc) is 2.81. The van der Waals surface area contributed by atoms with Crippen molar-refractivity contribution in [1.29, 1.82) is 0 Å². The van der Waals surface area contributed by atoms with E-state index in [0.29, 0.717) is 28.2 Å². The smallest absolute Gasteiger partial charge is 0.336 e. The molecule has 0 bridgehead atoms. The molecule has 6 nitrogen and oxygen atoms in total. The summed E-state index contributed by atoms with van der Waals surface area (Å²) in [7, 11) is 0. The molecule has 174 valence electrons. The van der Waals surface area contributed by atoms with Crippen LogP contribution in [0.1, 0.15) is 36.2 Å². The normalized spacial score (nSPS) is 12.1. The van der Waals surface area contributed by atoms with Gasteiger partial charge in [-0.1, -0.05) is 55.8 Å². The highest BCUT2D eigenvalue weighted by Gasteiger charge is 2.24. The Kier molecular flexibility index (Phi) is 6.98. The van der Waals surface area contributed by atoms with Crippen molar-refractivity contribution < 1.29 is 18.7 Å². The summed E-state index contributed by atoms with van der Waals surface area (Å²) < 4.78 is 11.0. The predicted molar refractivity (Wildman–Crippen MR) is 132 cm³/mol. The molecular weight excluding hydrogens is 454 g/mol. The van der Waals surface area contributed by atoms with Crippen molar-refractivity contribution in [2.24, 2.45) is 5.92 Å². The van der Waals surface area contributed by atoms with Crippen LogP contribution in [0.3, 0.4) is 0 Å². The molecule has 0 aliphatic carbocycles. The number of halogens is 1. The molecule has 4 aromatic rings. The Bertz CT molecular complexity index is 1410. The molecule has 7 heteroatoms. The highest BCUT2D eigenvalue weighted by atomic mass is 35.5. The number of esters is 1. The van der Waals surface area contributed by atoms with Crippen LogP contribution in [-0.4, -0.2) is 17.9 Å². The molecule has 0 spiro atoms. The molecule has 0 aliphatic heterocycles. The molecule has 1 N–H and O–H groups in total. The first-order valence-electron chi connectivity index (χ1n) is 11.0. The first-order valence-corrected chi connectivity index (χ1v) is 11.4. The number of hydrogen-bond donors (Lipinski definition) is 1. The van der Waals surface area contributed by atoms with Gasteiger partial charge in [0.2, 0.25) is 0 Å². The van der Waals surface area contributed by atoms with Gasteiger partial charge in [-0.25, -0.2) is 9.59 Å². The van der Waals surface area contributed by atoms with Crippen LogP contribution < -0.4 is 10.9 Å². The lowest BCUT2D eigenvalue weighted by molar-refractivity contribution is -0.147. The number of carbonyl (C=O) groups excluding carboxylic acids is 2. The van der Waals surface area contributed by atoms with E-state index >= 15 is 0 Å². The minimum absolute atomic E-state index is 0.125. The van der Waals surface area contributed by atoms with E-state index in [2.05, 4.69) is 5.32 Å². The van der Waals surface area contributed by atoms with Crippen LogP contribution in [0.4, 0.5) is 0 Å². The third kappa shape index (κ3) is 5.29. The van der Waals surface area contributed by atoms with Crippen molar-refractivity contribution >= 4 is 45.2 Å². The minimum Gasteiger partial charge on any atom is -0.459 e. The first kappa shape index (κ1) is 23.5. The Labute approximate surface area is 201 Å². The molecule has 3 aromatic carbocycles. The first-order chi connectivity index (χ1) is 16.3. The summed E-state index contributed by atoms with van der Waals surface area (Å²) >= 11 is 5.90. The maximum absolute atomic E-state index is 13.0. The lowest BCUT2D eigenvalue weighted by Crippen LogP contribution is -2.42. The van der Waals surface area contributed by atoms with Gasteiger partial charge in [0.05, 0.1) is 0 Å². The summed E-state index contributed by atoms with van der Waals surface area (Å²) in [6.45, 7) is 3.79. The number of rotatable bonds is 7. The van der Waals surface area contributed by atoms with Gasteiger partial charge in [0.1, 0.15) is 18.2 Å². The average molecular weight is 478 g/mol. The van der Waals surface area contributed by atoms with E-state index in [1.807, 2.05) is 44.2 Å². The van der Waals surface area contributed by atoms with Crippen LogP contribution in [0, 0.1) is 5.92 Å². The van der Waals surface area contributed by atoms with Crippen molar-refractivity contribution in [3.8, 4) is 0 Å². The summed E-state index contributed by atoms with van der Waals surface area (Å²) in [6, 6.07) is 18.2. The second-order valence-electron chi connectivity index (χ2n) is 8.52. The number of carbonyl (C=O) groups is 2. The molecule has 1 atom stereocenters. The molecule has 0 fully saturated rings. The van der Waals surface area contributed by atoms with Gasteiger partial charge in [0.25, 0.3) is 5.91 Å². The third-order valence-electron chi connectivity index (χ3n) is 5.49. The van der Waals surface area contributed by atoms with Gasteiger partial charge in [0.15, 0.2) is 0 Å². The number of ether oxygens (including phenoxy) is 1. The monoisotopic (exact) mass is 477 g/mol. The van der Waals surface area contributed by atoms with Crippen LogP contribution in [0.2, 0.25) is 5.02 Å². The van der Waals surface area contributed by atoms with Gasteiger partial charge >= 0.3 is 11.6 Å². The quantitative estimate of drug-likeness (QED) is 0.216. The van der Waals surface area contributed by atoms with Crippen LogP contribution in [0.15, 0.2) is 75.9 Å². The van der Waals surface area contributed by atoms with E-state index in [4.69, 9.17) is 20.8 Å². The maximum atomic E-state index is 13.0. The van der Waals surface area contributed by atoms with E-state index in [9.17, 15) is 14.4 Å². The van der Waals surface area contributed by atoms with Gasteiger partial charge < -0.3 is 14.5 Å². The maximum Gasteiger partial charge on any atom is 0.336 e. The van der Waals surface area contributed by atoms with Crippen molar-refractivity contribution in [3.63, 3.8) is 0 Å². The third-order valence-corrected chi connectivity index (χ3v) is 5.74. The molecule has 0 aliphatic rings. The molecular formula is C27H24ClNO5. The molecule has 1 unspecified atom stereocenters. The summed E-state index contributed by atoms with van der Waals surface area (Å²) in [4.78, 5) is 37.8. The van der Waals surface area contributed by atoms with E-state index in [-0.39, 0.29) is 12.5 Å². The molecule has 1 heterocycles. The number of hydrogen-bond acceptors (Lipinski definition) is 5. The van der Waals surface area contributed by atoms with Gasteiger partial charge in [0, 0.05) is 27.6 Å². The van der Waals surface area contributed by atoms with Crippen LogP contribution in [0.5, 0.6) is 0 Å². The number of nitrogens with one attached hydrogen (secondary N) is 1. The number of amides is 1. The molecule has 4 rings (SSSR count). The summed E-state index contributed by atoms with van der Waals surface area (Å²) in [5, 5.41) is 5.87. The van der Waals surface area contributed by atoms with Crippen molar-refractivity contribution in [3.05, 3.63) is 93.3 Å². The van der Waals surface area contributed by atoms with Crippen molar-refractivity contribution in [1.82, 2.24) is 5.32 Å². The summed E-state index contributed by atoms with van der Waals surface area (Å²) in [6.07, 6.45) is 0.402. The zero-order valence-electron chi connectivity index (χ0n) is 18.8. The number of fused-ring (bicyclic) bond motifs is 3. The molecule has 1 amide bonds. The topological polar surface area (TPSA) is 85.6 Å². The van der Waals surface area contributed by atoms with Gasteiger partial charge in [-0.15, -0.1) is 0 Å². The standard InChI is InChI=1S/C27H24ClNO5/c1-16(2)13-22(29-26(31)18-7-10-20(28)11-8-18)27(32)33-15-19-14-24(30)34-23-12-9-17-5-3-4-6-21(17)25(19)23/h3-12,14,16,22H,13,15H2,1-2H3,(H,29,31). The van der Waals surface area contributed by atoms with Crippen LogP contribution >= 0.6 is 11.6 Å². The van der Waals surface area contributed by atoms with E-state index < -0.39 is 23.5 Å². The molecule has 34 heavy (non-hydrogen) atoms. The number of benzene rings is 3. The van der Waals surface area contributed by atoms with Crippen molar-refractivity contribution in [2.45, 2.75) is 32.9 Å². The molecule has 0 saturated heterocycles. The minimum atomic E-state index is -0.841. The van der Waals surface area contributed by atoms with Crippen LogP contribution in [0.25, 0.3) is 21.7 Å². The molecule has 0 radical (unpaired) electrons. The lowest BCUT2D eigenvalue weighted by atomic mass is 10.0.